The minimum Gasteiger partial charge on any atom is -0.466 e. The van der Waals surface area contributed by atoms with Crippen LogP contribution in [0.15, 0.2) is 0 Å². The van der Waals surface area contributed by atoms with Crippen LogP contribution in [0, 0.1) is 5.92 Å². The van der Waals surface area contributed by atoms with Crippen molar-refractivity contribution < 1.29 is 19.4 Å². The number of hydrogen-bond donors (Lipinski definition) is 1. The highest BCUT2D eigenvalue weighted by molar-refractivity contribution is 5.81. The van der Waals surface area contributed by atoms with Crippen molar-refractivity contribution in [2.24, 2.45) is 5.92 Å². The van der Waals surface area contributed by atoms with Gasteiger partial charge in [0, 0.05) is 13.0 Å². The maximum absolute atomic E-state index is 11.9. The lowest BCUT2D eigenvalue weighted by Gasteiger charge is -2.25. The SMILES string of the molecule is CCOC(=O)CCC(=O)N1CCC(C)C1CO. The van der Waals surface area contributed by atoms with Crippen LogP contribution < -0.4 is 0 Å². The smallest absolute Gasteiger partial charge is 0.306 e. The van der Waals surface area contributed by atoms with Crippen LogP contribution in [0.25, 0.3) is 0 Å². The highest BCUT2D eigenvalue weighted by Gasteiger charge is 2.33. The summed E-state index contributed by atoms with van der Waals surface area (Å²) in [5.74, 6) is -0.0818. The Morgan fingerprint density at radius 2 is 2.12 bits per heavy atom. The first kappa shape index (κ1) is 14.0. The fourth-order valence-electron chi connectivity index (χ4n) is 2.18. The molecule has 0 aliphatic carbocycles. The summed E-state index contributed by atoms with van der Waals surface area (Å²) in [6, 6.07) is -0.0929. The Morgan fingerprint density at radius 1 is 1.41 bits per heavy atom. The predicted octanol–water partition coefficient (Wildman–Crippen LogP) is 0.559. The lowest BCUT2D eigenvalue weighted by Crippen LogP contribution is -2.39. The first-order valence-electron chi connectivity index (χ1n) is 6.16. The van der Waals surface area contributed by atoms with Crippen molar-refractivity contribution in [1.29, 1.82) is 0 Å². The number of esters is 1. The maximum Gasteiger partial charge on any atom is 0.306 e. The van der Waals surface area contributed by atoms with Crippen molar-refractivity contribution in [3.8, 4) is 0 Å². The van der Waals surface area contributed by atoms with E-state index >= 15 is 0 Å². The molecular formula is C12H21NO4. The Balaban J connectivity index is 2.40. The molecule has 1 fully saturated rings. The van der Waals surface area contributed by atoms with E-state index in [2.05, 4.69) is 0 Å². The first-order valence-corrected chi connectivity index (χ1v) is 6.16. The minimum absolute atomic E-state index is 0.00763. The van der Waals surface area contributed by atoms with Gasteiger partial charge in [0.1, 0.15) is 0 Å². The second-order valence-electron chi connectivity index (χ2n) is 4.41. The van der Waals surface area contributed by atoms with Crippen molar-refractivity contribution >= 4 is 11.9 Å². The molecule has 1 aliphatic rings. The predicted molar refractivity (Wildman–Crippen MR) is 62.2 cm³/mol. The van der Waals surface area contributed by atoms with E-state index in [0.29, 0.717) is 19.1 Å². The molecule has 17 heavy (non-hydrogen) atoms. The molecule has 0 aromatic heterocycles. The molecule has 0 spiro atoms. The third-order valence-corrected chi connectivity index (χ3v) is 3.24. The molecule has 0 saturated carbocycles. The van der Waals surface area contributed by atoms with E-state index in [0.717, 1.165) is 6.42 Å². The largest absolute Gasteiger partial charge is 0.466 e. The summed E-state index contributed by atoms with van der Waals surface area (Å²) in [6.45, 7) is 4.77. The molecule has 1 rings (SSSR count). The zero-order chi connectivity index (χ0) is 12.8. The number of aliphatic hydroxyl groups excluding tert-OH is 1. The molecule has 0 bridgehead atoms. The minimum atomic E-state index is -0.339. The Kier molecular flexibility index (Phi) is 5.41. The number of aliphatic hydroxyl groups is 1. The van der Waals surface area contributed by atoms with Crippen LogP contribution in [0.1, 0.15) is 33.1 Å². The van der Waals surface area contributed by atoms with E-state index < -0.39 is 0 Å². The number of likely N-dealkylation sites (tertiary alicyclic amines) is 1. The topological polar surface area (TPSA) is 66.8 Å². The lowest BCUT2D eigenvalue weighted by molar-refractivity contribution is -0.146. The van der Waals surface area contributed by atoms with E-state index in [-0.39, 0.29) is 37.4 Å². The van der Waals surface area contributed by atoms with E-state index in [1.165, 1.54) is 0 Å². The molecule has 1 amide bonds. The monoisotopic (exact) mass is 243 g/mol. The molecule has 0 aromatic rings. The van der Waals surface area contributed by atoms with Crippen LogP contribution in [0.2, 0.25) is 0 Å². The highest BCUT2D eigenvalue weighted by atomic mass is 16.5. The van der Waals surface area contributed by atoms with Crippen LogP contribution in [0.5, 0.6) is 0 Å². The van der Waals surface area contributed by atoms with Gasteiger partial charge in [0.15, 0.2) is 0 Å². The quantitative estimate of drug-likeness (QED) is 0.716. The molecule has 1 N–H and O–H groups in total. The second-order valence-corrected chi connectivity index (χ2v) is 4.41. The molecule has 0 aromatic carbocycles. The fraction of sp³-hybridized carbons (Fsp3) is 0.833. The van der Waals surface area contributed by atoms with Gasteiger partial charge in [-0.25, -0.2) is 0 Å². The number of carbonyl (C=O) groups excluding carboxylic acids is 2. The second kappa shape index (κ2) is 6.59. The maximum atomic E-state index is 11.9. The van der Waals surface area contributed by atoms with Crippen molar-refractivity contribution in [2.75, 3.05) is 19.8 Å². The van der Waals surface area contributed by atoms with E-state index in [1.807, 2.05) is 6.92 Å². The molecule has 1 saturated heterocycles. The van der Waals surface area contributed by atoms with Gasteiger partial charge in [0.05, 0.1) is 25.7 Å². The van der Waals surface area contributed by atoms with E-state index in [1.54, 1.807) is 11.8 Å². The highest BCUT2D eigenvalue weighted by Crippen LogP contribution is 2.24. The first-order chi connectivity index (χ1) is 8.10. The van der Waals surface area contributed by atoms with Crippen LogP contribution in [0.3, 0.4) is 0 Å². The molecule has 1 aliphatic heterocycles. The standard InChI is InChI=1S/C12H21NO4/c1-3-17-12(16)5-4-11(15)13-7-6-9(2)10(13)8-14/h9-10,14H,3-8H2,1-2H3. The summed E-state index contributed by atoms with van der Waals surface area (Å²) in [5, 5.41) is 9.23. The number of hydrogen-bond acceptors (Lipinski definition) is 4. The summed E-state index contributed by atoms with van der Waals surface area (Å²) >= 11 is 0. The van der Waals surface area contributed by atoms with Crippen LogP contribution in [-0.4, -0.2) is 47.7 Å². The van der Waals surface area contributed by atoms with Crippen LogP contribution >= 0.6 is 0 Å². The lowest BCUT2D eigenvalue weighted by atomic mass is 10.0. The third kappa shape index (κ3) is 3.70. The van der Waals surface area contributed by atoms with Gasteiger partial charge in [-0.05, 0) is 19.3 Å². The zero-order valence-electron chi connectivity index (χ0n) is 10.5. The van der Waals surface area contributed by atoms with Gasteiger partial charge in [-0.2, -0.15) is 0 Å². The summed E-state index contributed by atoms with van der Waals surface area (Å²) in [6.07, 6.45) is 1.20. The van der Waals surface area contributed by atoms with Gasteiger partial charge in [-0.1, -0.05) is 6.92 Å². The number of nitrogens with zero attached hydrogens (tertiary/aromatic N) is 1. The Hall–Kier alpha value is -1.10. The van der Waals surface area contributed by atoms with Crippen molar-refractivity contribution in [1.82, 2.24) is 4.90 Å². The molecular weight excluding hydrogens is 222 g/mol. The van der Waals surface area contributed by atoms with Gasteiger partial charge in [-0.15, -0.1) is 0 Å². The molecule has 0 radical (unpaired) electrons. The Morgan fingerprint density at radius 3 is 2.71 bits per heavy atom. The van der Waals surface area contributed by atoms with Gasteiger partial charge in [0.25, 0.3) is 0 Å². The van der Waals surface area contributed by atoms with Crippen molar-refractivity contribution in [2.45, 2.75) is 39.2 Å². The van der Waals surface area contributed by atoms with Gasteiger partial charge < -0.3 is 14.7 Å². The number of amides is 1. The normalized spacial score (nSPS) is 23.8. The molecule has 1 heterocycles. The molecule has 2 unspecified atom stereocenters. The molecule has 5 nitrogen and oxygen atoms in total. The van der Waals surface area contributed by atoms with Gasteiger partial charge in [0.2, 0.25) is 5.91 Å². The summed E-state index contributed by atoms with van der Waals surface area (Å²) in [5.41, 5.74) is 0. The molecule has 98 valence electrons. The summed E-state index contributed by atoms with van der Waals surface area (Å²) < 4.78 is 4.77. The van der Waals surface area contributed by atoms with Gasteiger partial charge in [-0.3, -0.25) is 9.59 Å². The summed E-state index contributed by atoms with van der Waals surface area (Å²) in [4.78, 5) is 24.7. The molecule has 2 atom stereocenters. The number of rotatable bonds is 5. The summed E-state index contributed by atoms with van der Waals surface area (Å²) in [7, 11) is 0. The fourth-order valence-corrected chi connectivity index (χ4v) is 2.18. The number of ether oxygens (including phenoxy) is 1. The van der Waals surface area contributed by atoms with E-state index in [9.17, 15) is 14.7 Å². The van der Waals surface area contributed by atoms with Crippen LogP contribution in [-0.2, 0) is 14.3 Å². The number of carbonyl (C=O) groups is 2. The third-order valence-electron chi connectivity index (χ3n) is 3.24. The molecule has 5 heteroatoms. The average Bonchev–Trinajstić information content (AvgIpc) is 2.67. The Labute approximate surface area is 102 Å². The van der Waals surface area contributed by atoms with E-state index in [4.69, 9.17) is 4.74 Å². The zero-order valence-corrected chi connectivity index (χ0v) is 10.5. The average molecular weight is 243 g/mol. The van der Waals surface area contributed by atoms with Crippen molar-refractivity contribution in [3.63, 3.8) is 0 Å². The Bertz CT molecular complexity index is 280. The van der Waals surface area contributed by atoms with Crippen LogP contribution in [0.4, 0.5) is 0 Å². The van der Waals surface area contributed by atoms with Crippen molar-refractivity contribution in [3.05, 3.63) is 0 Å². The van der Waals surface area contributed by atoms with Gasteiger partial charge >= 0.3 is 5.97 Å².